The van der Waals surface area contributed by atoms with Crippen molar-refractivity contribution in [2.45, 2.75) is 34.6 Å². The van der Waals surface area contributed by atoms with Crippen molar-refractivity contribution < 1.29 is 14.3 Å². The van der Waals surface area contributed by atoms with Gasteiger partial charge in [-0.15, -0.1) is 0 Å². The predicted octanol–water partition coefficient (Wildman–Crippen LogP) is 5.59. The number of anilines is 1. The van der Waals surface area contributed by atoms with Crippen molar-refractivity contribution in [3.63, 3.8) is 0 Å². The molecular formula is C28H28N2O3. The Labute approximate surface area is 194 Å². The van der Waals surface area contributed by atoms with E-state index < -0.39 is 5.97 Å². The van der Waals surface area contributed by atoms with Crippen molar-refractivity contribution in [1.29, 1.82) is 0 Å². The first kappa shape index (κ1) is 22.3. The summed E-state index contributed by atoms with van der Waals surface area (Å²) in [7, 11) is 1.33. The maximum absolute atomic E-state index is 13.5. The Balaban J connectivity index is 1.85. The normalized spacial score (nSPS) is 15.0. The van der Waals surface area contributed by atoms with Crippen LogP contribution in [0.3, 0.4) is 0 Å². The van der Waals surface area contributed by atoms with Crippen LogP contribution in [0.25, 0.3) is 11.8 Å². The molecule has 1 aliphatic heterocycles. The summed E-state index contributed by atoms with van der Waals surface area (Å²) in [6, 6.07) is 17.7. The van der Waals surface area contributed by atoms with Gasteiger partial charge in [-0.05, 0) is 87.7 Å². The third-order valence-electron chi connectivity index (χ3n) is 6.32. The first-order chi connectivity index (χ1) is 15.7. The number of amides is 1. The van der Waals surface area contributed by atoms with E-state index in [9.17, 15) is 9.59 Å². The van der Waals surface area contributed by atoms with E-state index in [1.165, 1.54) is 18.2 Å². The second-order valence-electron chi connectivity index (χ2n) is 8.42. The minimum atomic E-state index is -0.520. The van der Waals surface area contributed by atoms with Gasteiger partial charge in [0, 0.05) is 28.5 Å². The molecule has 1 amide bonds. The molecule has 0 bridgehead atoms. The number of ether oxygens (including phenoxy) is 1. The molecule has 0 spiro atoms. The number of rotatable bonds is 4. The fourth-order valence-corrected chi connectivity index (χ4v) is 4.42. The largest absolute Gasteiger partial charge is 0.465 e. The molecule has 2 heterocycles. The van der Waals surface area contributed by atoms with E-state index in [0.29, 0.717) is 22.5 Å². The van der Waals surface area contributed by atoms with Gasteiger partial charge in [-0.3, -0.25) is 9.69 Å². The number of nitrogens with zero attached hydrogens (tertiary/aromatic N) is 2. The van der Waals surface area contributed by atoms with Gasteiger partial charge in [-0.1, -0.05) is 24.3 Å². The topological polar surface area (TPSA) is 51.5 Å². The Bertz CT molecular complexity index is 1330. The van der Waals surface area contributed by atoms with Crippen LogP contribution in [0.1, 0.15) is 35.0 Å². The molecule has 2 aromatic carbocycles. The molecule has 0 fully saturated rings. The first-order valence-corrected chi connectivity index (χ1v) is 10.9. The Morgan fingerprint density at radius 1 is 0.879 bits per heavy atom. The van der Waals surface area contributed by atoms with E-state index in [4.69, 9.17) is 4.74 Å². The number of carbonyl (C=O) groups is 2. The lowest BCUT2D eigenvalue weighted by atomic mass is 10.0. The third-order valence-corrected chi connectivity index (χ3v) is 6.32. The molecule has 0 N–H and O–H groups in total. The van der Waals surface area contributed by atoms with Gasteiger partial charge in [-0.25, -0.2) is 4.79 Å². The molecule has 0 unspecified atom stereocenters. The van der Waals surface area contributed by atoms with Gasteiger partial charge in [0.2, 0.25) is 0 Å². The highest BCUT2D eigenvalue weighted by molar-refractivity contribution is 6.23. The van der Waals surface area contributed by atoms with Crippen molar-refractivity contribution in [3.8, 4) is 5.69 Å². The van der Waals surface area contributed by atoms with E-state index in [-0.39, 0.29) is 5.91 Å². The van der Waals surface area contributed by atoms with Crippen LogP contribution in [0.2, 0.25) is 0 Å². The Hall–Kier alpha value is -3.86. The monoisotopic (exact) mass is 440 g/mol. The molecule has 1 aromatic heterocycles. The smallest absolute Gasteiger partial charge is 0.340 e. The maximum Gasteiger partial charge on any atom is 0.340 e. The fourth-order valence-electron chi connectivity index (χ4n) is 4.42. The van der Waals surface area contributed by atoms with E-state index in [2.05, 4.69) is 36.6 Å². The molecule has 1 aliphatic rings. The summed E-state index contributed by atoms with van der Waals surface area (Å²) in [4.78, 5) is 27.8. The minimum Gasteiger partial charge on any atom is -0.465 e. The standard InChI is InChI=1S/C28H28N2O3/c1-17-12-13-24(14-18(17)2)29-19(3)15-22(20(29)4)16-25-26(28(32)33-6)21(5)30(27(25)31)23-10-8-7-9-11-23/h7-16H,1-6H3. The van der Waals surface area contributed by atoms with Crippen LogP contribution < -0.4 is 4.90 Å². The Morgan fingerprint density at radius 3 is 2.21 bits per heavy atom. The molecule has 5 heteroatoms. The molecule has 0 radical (unpaired) electrons. The second kappa shape index (κ2) is 8.58. The summed E-state index contributed by atoms with van der Waals surface area (Å²) in [5, 5.41) is 0. The van der Waals surface area contributed by atoms with Gasteiger partial charge >= 0.3 is 5.97 Å². The van der Waals surface area contributed by atoms with Crippen molar-refractivity contribution in [2.75, 3.05) is 12.0 Å². The maximum atomic E-state index is 13.5. The number of benzene rings is 2. The number of aryl methyl sites for hydroxylation is 3. The average molecular weight is 441 g/mol. The lowest BCUT2D eigenvalue weighted by Crippen LogP contribution is -2.24. The molecule has 168 valence electrons. The summed E-state index contributed by atoms with van der Waals surface area (Å²) in [6.07, 6.45) is 1.81. The van der Waals surface area contributed by atoms with Crippen LogP contribution in [0.5, 0.6) is 0 Å². The number of allylic oxidation sites excluding steroid dienone is 1. The molecule has 0 saturated carbocycles. The minimum absolute atomic E-state index is 0.241. The van der Waals surface area contributed by atoms with Gasteiger partial charge in [0.15, 0.2) is 0 Å². The summed E-state index contributed by atoms with van der Waals surface area (Å²) in [6.45, 7) is 10.0. The number of esters is 1. The molecular weight excluding hydrogens is 412 g/mol. The molecule has 0 atom stereocenters. The summed E-state index contributed by atoms with van der Waals surface area (Å²) in [5.74, 6) is -0.761. The van der Waals surface area contributed by atoms with Crippen LogP contribution in [0.15, 0.2) is 71.4 Å². The molecule has 33 heavy (non-hydrogen) atoms. The van der Waals surface area contributed by atoms with Gasteiger partial charge in [0.1, 0.15) is 0 Å². The number of hydrogen-bond donors (Lipinski definition) is 0. The number of methoxy groups -OCH3 is 1. The number of aromatic nitrogens is 1. The van der Waals surface area contributed by atoms with E-state index in [1.54, 1.807) is 17.9 Å². The van der Waals surface area contributed by atoms with Gasteiger partial charge in [0.25, 0.3) is 5.91 Å². The zero-order chi connectivity index (χ0) is 23.9. The molecule has 3 aromatic rings. The lowest BCUT2D eigenvalue weighted by molar-refractivity contribution is -0.136. The molecule has 0 saturated heterocycles. The van der Waals surface area contributed by atoms with Crippen molar-refractivity contribution >= 4 is 23.6 Å². The van der Waals surface area contributed by atoms with Crippen LogP contribution in [0, 0.1) is 27.7 Å². The third kappa shape index (κ3) is 3.80. The highest BCUT2D eigenvalue weighted by Gasteiger charge is 2.38. The summed E-state index contributed by atoms with van der Waals surface area (Å²) >= 11 is 0. The number of carbonyl (C=O) groups excluding carboxylic acids is 2. The van der Waals surface area contributed by atoms with Crippen molar-refractivity contribution in [3.05, 3.63) is 99.5 Å². The van der Waals surface area contributed by atoms with Gasteiger partial charge in [0.05, 0.1) is 18.3 Å². The van der Waals surface area contributed by atoms with Crippen LogP contribution in [0.4, 0.5) is 5.69 Å². The average Bonchev–Trinajstić information content (AvgIpc) is 3.21. The molecule has 4 rings (SSSR count). The summed E-state index contributed by atoms with van der Waals surface area (Å²) in [5.41, 5.74) is 8.37. The SMILES string of the molecule is COC(=O)C1=C(C)N(c2ccccc2)C(=O)C1=Cc1cc(C)n(-c2ccc(C)c(C)c2)c1C. The van der Waals surface area contributed by atoms with E-state index in [1.807, 2.05) is 50.2 Å². The quantitative estimate of drug-likeness (QED) is 0.393. The number of para-hydroxylation sites is 1. The predicted molar refractivity (Wildman–Crippen MR) is 131 cm³/mol. The first-order valence-electron chi connectivity index (χ1n) is 10.9. The van der Waals surface area contributed by atoms with Gasteiger partial charge < -0.3 is 9.30 Å². The number of hydrogen-bond acceptors (Lipinski definition) is 3. The Morgan fingerprint density at radius 2 is 1.58 bits per heavy atom. The molecule has 0 aliphatic carbocycles. The van der Waals surface area contributed by atoms with Crippen LogP contribution >= 0.6 is 0 Å². The highest BCUT2D eigenvalue weighted by Crippen LogP contribution is 2.36. The molecule has 5 nitrogen and oxygen atoms in total. The van der Waals surface area contributed by atoms with Crippen LogP contribution in [-0.4, -0.2) is 23.6 Å². The van der Waals surface area contributed by atoms with Crippen molar-refractivity contribution in [2.24, 2.45) is 0 Å². The van der Waals surface area contributed by atoms with Crippen molar-refractivity contribution in [1.82, 2.24) is 4.57 Å². The highest BCUT2D eigenvalue weighted by atomic mass is 16.5. The van der Waals surface area contributed by atoms with Crippen LogP contribution in [-0.2, 0) is 14.3 Å². The zero-order valence-electron chi connectivity index (χ0n) is 19.9. The lowest BCUT2D eigenvalue weighted by Gasteiger charge is -2.17. The second-order valence-corrected chi connectivity index (χ2v) is 8.42. The Kier molecular flexibility index (Phi) is 5.81. The van der Waals surface area contributed by atoms with Gasteiger partial charge in [-0.2, -0.15) is 0 Å². The fraction of sp³-hybridized carbons (Fsp3) is 0.214. The summed E-state index contributed by atoms with van der Waals surface area (Å²) < 4.78 is 7.20. The van der Waals surface area contributed by atoms with E-state index >= 15 is 0 Å². The zero-order valence-corrected chi connectivity index (χ0v) is 19.9. The van der Waals surface area contributed by atoms with E-state index in [0.717, 1.165) is 22.6 Å².